The zero-order chi connectivity index (χ0) is 10.7. The van der Waals surface area contributed by atoms with Gasteiger partial charge in [-0.2, -0.15) is 0 Å². The number of nitrogens with zero attached hydrogens (tertiary/aromatic N) is 1. The molecular formula is C12H10BrNO. The molecule has 0 atom stereocenters. The van der Waals surface area contributed by atoms with Crippen molar-refractivity contribution in [1.29, 1.82) is 0 Å². The van der Waals surface area contributed by atoms with Crippen LogP contribution >= 0.6 is 15.9 Å². The fourth-order valence-corrected chi connectivity index (χ4v) is 1.56. The van der Waals surface area contributed by atoms with E-state index in [1.54, 1.807) is 0 Å². The lowest BCUT2D eigenvalue weighted by Gasteiger charge is -2.06. The fourth-order valence-electron chi connectivity index (χ4n) is 1.23. The average Bonchev–Trinajstić information content (AvgIpc) is 2.22. The second kappa shape index (κ2) is 4.45. The minimum Gasteiger partial charge on any atom is -0.439 e. The zero-order valence-electron chi connectivity index (χ0n) is 8.27. The highest BCUT2D eigenvalue weighted by Gasteiger charge is 2.01. The van der Waals surface area contributed by atoms with Crippen molar-refractivity contribution in [3.8, 4) is 11.6 Å². The molecule has 15 heavy (non-hydrogen) atoms. The van der Waals surface area contributed by atoms with Gasteiger partial charge in [-0.25, -0.2) is 4.98 Å². The van der Waals surface area contributed by atoms with Gasteiger partial charge in [0.15, 0.2) is 0 Å². The molecular weight excluding hydrogens is 254 g/mol. The van der Waals surface area contributed by atoms with E-state index in [1.807, 2.05) is 49.4 Å². The van der Waals surface area contributed by atoms with Gasteiger partial charge in [0.25, 0.3) is 0 Å². The van der Waals surface area contributed by atoms with Crippen LogP contribution in [-0.4, -0.2) is 4.98 Å². The summed E-state index contributed by atoms with van der Waals surface area (Å²) in [6, 6.07) is 13.5. The Bertz CT molecular complexity index is 471. The lowest BCUT2D eigenvalue weighted by molar-refractivity contribution is 0.458. The second-order valence-electron chi connectivity index (χ2n) is 3.17. The molecule has 2 aromatic rings. The maximum atomic E-state index is 5.65. The number of para-hydroxylation sites is 1. The standard InChI is InChI=1S/C12H10BrNO/c1-9-5-2-3-6-10(9)15-12-8-4-7-11(13)14-12/h2-8H,1H3. The predicted molar refractivity (Wildman–Crippen MR) is 63.2 cm³/mol. The first-order chi connectivity index (χ1) is 7.25. The first-order valence-electron chi connectivity index (χ1n) is 4.62. The average molecular weight is 264 g/mol. The van der Waals surface area contributed by atoms with Crippen molar-refractivity contribution < 1.29 is 4.74 Å². The Morgan fingerprint density at radius 1 is 1.07 bits per heavy atom. The van der Waals surface area contributed by atoms with Crippen LogP contribution in [-0.2, 0) is 0 Å². The molecule has 3 heteroatoms. The molecule has 1 aromatic heterocycles. The molecule has 0 spiro atoms. The van der Waals surface area contributed by atoms with Crippen LogP contribution in [0.4, 0.5) is 0 Å². The summed E-state index contributed by atoms with van der Waals surface area (Å²) < 4.78 is 6.42. The molecule has 2 nitrogen and oxygen atoms in total. The van der Waals surface area contributed by atoms with Crippen LogP contribution in [0.5, 0.6) is 11.6 Å². The maximum absolute atomic E-state index is 5.65. The SMILES string of the molecule is Cc1ccccc1Oc1cccc(Br)n1. The van der Waals surface area contributed by atoms with Gasteiger partial charge in [-0.05, 0) is 40.5 Å². The number of aromatic nitrogens is 1. The highest BCUT2D eigenvalue weighted by atomic mass is 79.9. The molecule has 0 radical (unpaired) electrons. The number of hydrogen-bond donors (Lipinski definition) is 0. The highest BCUT2D eigenvalue weighted by molar-refractivity contribution is 9.10. The van der Waals surface area contributed by atoms with E-state index >= 15 is 0 Å². The van der Waals surface area contributed by atoms with Crippen molar-refractivity contribution in [1.82, 2.24) is 4.98 Å². The van der Waals surface area contributed by atoms with E-state index in [0.717, 1.165) is 15.9 Å². The molecule has 0 unspecified atom stereocenters. The summed E-state index contributed by atoms with van der Waals surface area (Å²) in [5.41, 5.74) is 1.10. The van der Waals surface area contributed by atoms with Crippen molar-refractivity contribution >= 4 is 15.9 Å². The molecule has 0 N–H and O–H groups in total. The van der Waals surface area contributed by atoms with Gasteiger partial charge in [0.05, 0.1) is 0 Å². The van der Waals surface area contributed by atoms with Crippen molar-refractivity contribution in [2.24, 2.45) is 0 Å². The number of pyridine rings is 1. The smallest absolute Gasteiger partial charge is 0.220 e. The molecule has 76 valence electrons. The van der Waals surface area contributed by atoms with E-state index in [2.05, 4.69) is 20.9 Å². The molecule has 0 aliphatic carbocycles. The van der Waals surface area contributed by atoms with Crippen LogP contribution in [0.1, 0.15) is 5.56 Å². The van der Waals surface area contributed by atoms with Crippen molar-refractivity contribution in [2.75, 3.05) is 0 Å². The van der Waals surface area contributed by atoms with E-state index in [-0.39, 0.29) is 0 Å². The highest BCUT2D eigenvalue weighted by Crippen LogP contribution is 2.23. The third-order valence-corrected chi connectivity index (χ3v) is 2.44. The molecule has 0 amide bonds. The minimum atomic E-state index is 0.596. The summed E-state index contributed by atoms with van der Waals surface area (Å²) in [6.07, 6.45) is 0. The summed E-state index contributed by atoms with van der Waals surface area (Å²) in [4.78, 5) is 4.20. The lowest BCUT2D eigenvalue weighted by Crippen LogP contribution is -1.89. The summed E-state index contributed by atoms with van der Waals surface area (Å²) in [5.74, 6) is 1.43. The van der Waals surface area contributed by atoms with Crippen molar-refractivity contribution in [3.05, 3.63) is 52.6 Å². The van der Waals surface area contributed by atoms with Crippen LogP contribution in [0.2, 0.25) is 0 Å². The molecule has 2 rings (SSSR count). The summed E-state index contributed by atoms with van der Waals surface area (Å²) in [6.45, 7) is 2.01. The third-order valence-electron chi connectivity index (χ3n) is 2.00. The summed E-state index contributed by atoms with van der Waals surface area (Å²) in [5, 5.41) is 0. The fraction of sp³-hybridized carbons (Fsp3) is 0.0833. The summed E-state index contributed by atoms with van der Waals surface area (Å²) in [7, 11) is 0. The number of rotatable bonds is 2. The van der Waals surface area contributed by atoms with Crippen LogP contribution in [0, 0.1) is 6.92 Å². The number of benzene rings is 1. The normalized spacial score (nSPS) is 10.0. The van der Waals surface area contributed by atoms with E-state index in [9.17, 15) is 0 Å². The van der Waals surface area contributed by atoms with Gasteiger partial charge in [-0.3, -0.25) is 0 Å². The first-order valence-corrected chi connectivity index (χ1v) is 5.41. The Kier molecular flexibility index (Phi) is 3.02. The number of ether oxygens (including phenoxy) is 1. The van der Waals surface area contributed by atoms with Crippen molar-refractivity contribution in [3.63, 3.8) is 0 Å². The van der Waals surface area contributed by atoms with Gasteiger partial charge in [0.2, 0.25) is 5.88 Å². The zero-order valence-corrected chi connectivity index (χ0v) is 9.86. The Hall–Kier alpha value is -1.35. The van der Waals surface area contributed by atoms with Gasteiger partial charge < -0.3 is 4.74 Å². The molecule has 0 saturated heterocycles. The van der Waals surface area contributed by atoms with Gasteiger partial charge in [-0.15, -0.1) is 0 Å². The van der Waals surface area contributed by atoms with Gasteiger partial charge in [0, 0.05) is 6.07 Å². The molecule has 0 fully saturated rings. The molecule has 1 aromatic carbocycles. The Balaban J connectivity index is 2.26. The van der Waals surface area contributed by atoms with Crippen LogP contribution in [0.3, 0.4) is 0 Å². The van der Waals surface area contributed by atoms with E-state index in [4.69, 9.17) is 4.74 Å². The Morgan fingerprint density at radius 3 is 2.60 bits per heavy atom. The minimum absolute atomic E-state index is 0.596. The van der Waals surface area contributed by atoms with Crippen molar-refractivity contribution in [2.45, 2.75) is 6.92 Å². The molecule has 0 saturated carbocycles. The third kappa shape index (κ3) is 2.57. The molecule has 0 aliphatic heterocycles. The Morgan fingerprint density at radius 2 is 1.87 bits per heavy atom. The quantitative estimate of drug-likeness (QED) is 0.766. The lowest BCUT2D eigenvalue weighted by atomic mass is 10.2. The predicted octanol–water partition coefficient (Wildman–Crippen LogP) is 3.94. The molecule has 1 heterocycles. The van der Waals surface area contributed by atoms with Crippen LogP contribution < -0.4 is 4.74 Å². The largest absolute Gasteiger partial charge is 0.439 e. The monoisotopic (exact) mass is 263 g/mol. The summed E-state index contributed by atoms with van der Waals surface area (Å²) >= 11 is 3.30. The molecule has 0 bridgehead atoms. The topological polar surface area (TPSA) is 22.1 Å². The van der Waals surface area contributed by atoms with Crippen LogP contribution in [0.25, 0.3) is 0 Å². The number of aryl methyl sites for hydroxylation is 1. The first kappa shape index (κ1) is 10.2. The van der Waals surface area contributed by atoms with E-state index < -0.39 is 0 Å². The van der Waals surface area contributed by atoms with Crippen LogP contribution in [0.15, 0.2) is 47.1 Å². The maximum Gasteiger partial charge on any atom is 0.220 e. The van der Waals surface area contributed by atoms with Gasteiger partial charge in [-0.1, -0.05) is 24.3 Å². The Labute approximate surface area is 97.1 Å². The number of hydrogen-bond acceptors (Lipinski definition) is 2. The number of halogens is 1. The van der Waals surface area contributed by atoms with E-state index in [1.165, 1.54) is 0 Å². The van der Waals surface area contributed by atoms with Gasteiger partial charge in [0.1, 0.15) is 10.4 Å². The van der Waals surface area contributed by atoms with Gasteiger partial charge >= 0.3 is 0 Å². The van der Waals surface area contributed by atoms with E-state index in [0.29, 0.717) is 5.88 Å². The molecule has 0 aliphatic rings. The second-order valence-corrected chi connectivity index (χ2v) is 3.98.